The van der Waals surface area contributed by atoms with Gasteiger partial charge in [0.05, 0.1) is 0 Å². The van der Waals surface area contributed by atoms with Gasteiger partial charge in [-0.3, -0.25) is 4.79 Å². The first-order valence-electron chi connectivity index (χ1n) is 6.18. The van der Waals surface area contributed by atoms with Crippen LogP contribution in [0.25, 0.3) is 0 Å². The molecule has 3 atom stereocenters. The van der Waals surface area contributed by atoms with E-state index in [1.807, 2.05) is 0 Å². The van der Waals surface area contributed by atoms with E-state index in [0.717, 1.165) is 37.6 Å². The van der Waals surface area contributed by atoms with Crippen LogP contribution in [0.3, 0.4) is 0 Å². The molecule has 2 rings (SSSR count). The highest BCUT2D eigenvalue weighted by molar-refractivity contribution is 5.79. The van der Waals surface area contributed by atoms with Crippen molar-refractivity contribution in [1.82, 2.24) is 5.32 Å². The molecule has 2 aliphatic rings. The van der Waals surface area contributed by atoms with E-state index in [1.54, 1.807) is 0 Å². The van der Waals surface area contributed by atoms with Crippen LogP contribution < -0.4 is 11.1 Å². The minimum Gasteiger partial charge on any atom is -0.356 e. The van der Waals surface area contributed by atoms with Gasteiger partial charge in [-0.05, 0) is 50.0 Å². The summed E-state index contributed by atoms with van der Waals surface area (Å²) in [6, 6.07) is 0. The Hall–Kier alpha value is -0.570. The molecule has 3 unspecified atom stereocenters. The summed E-state index contributed by atoms with van der Waals surface area (Å²) in [5.74, 6) is 2.89. The van der Waals surface area contributed by atoms with Crippen molar-refractivity contribution in [3.8, 4) is 0 Å². The van der Waals surface area contributed by atoms with Crippen LogP contribution in [-0.4, -0.2) is 19.0 Å². The van der Waals surface area contributed by atoms with Crippen molar-refractivity contribution in [3.63, 3.8) is 0 Å². The smallest absolute Gasteiger partial charge is 0.223 e. The fourth-order valence-corrected chi connectivity index (χ4v) is 2.73. The van der Waals surface area contributed by atoms with Gasteiger partial charge in [0.25, 0.3) is 0 Å². The molecule has 2 aliphatic carbocycles. The number of hydrogen-bond acceptors (Lipinski definition) is 2. The van der Waals surface area contributed by atoms with E-state index in [9.17, 15) is 4.79 Å². The standard InChI is InChI=1S/C12H22N2O/c1-8(2-3-13)7-14-12(15)11-5-9-4-10(9)6-11/h8-11H,2-7,13H2,1H3,(H,14,15). The van der Waals surface area contributed by atoms with Crippen molar-refractivity contribution in [3.05, 3.63) is 0 Å². The fourth-order valence-electron chi connectivity index (χ4n) is 2.73. The molecular weight excluding hydrogens is 188 g/mol. The first-order chi connectivity index (χ1) is 7.20. The van der Waals surface area contributed by atoms with Crippen LogP contribution in [0.15, 0.2) is 0 Å². The molecule has 3 N–H and O–H groups in total. The summed E-state index contributed by atoms with van der Waals surface area (Å²) >= 11 is 0. The SMILES string of the molecule is CC(CCN)CNC(=O)C1CC2CC2C1. The number of carbonyl (C=O) groups excluding carboxylic acids is 1. The van der Waals surface area contributed by atoms with Crippen molar-refractivity contribution >= 4 is 5.91 Å². The average Bonchev–Trinajstić information content (AvgIpc) is 2.83. The maximum atomic E-state index is 11.8. The number of hydrogen-bond donors (Lipinski definition) is 2. The molecule has 0 aromatic heterocycles. The van der Waals surface area contributed by atoms with Gasteiger partial charge < -0.3 is 11.1 Å². The zero-order valence-corrected chi connectivity index (χ0v) is 9.54. The molecule has 0 radical (unpaired) electrons. The third kappa shape index (κ3) is 2.71. The molecule has 2 fully saturated rings. The first-order valence-corrected chi connectivity index (χ1v) is 6.18. The molecule has 1 amide bonds. The van der Waals surface area contributed by atoms with Gasteiger partial charge in [-0.25, -0.2) is 0 Å². The van der Waals surface area contributed by atoms with Gasteiger partial charge in [0.1, 0.15) is 0 Å². The Balaban J connectivity index is 1.64. The molecule has 0 spiro atoms. The van der Waals surface area contributed by atoms with Gasteiger partial charge >= 0.3 is 0 Å². The number of nitrogens with two attached hydrogens (primary N) is 1. The predicted molar refractivity (Wildman–Crippen MR) is 60.2 cm³/mol. The van der Waals surface area contributed by atoms with Crippen molar-refractivity contribution in [2.75, 3.05) is 13.1 Å². The second-order valence-corrected chi connectivity index (χ2v) is 5.35. The van der Waals surface area contributed by atoms with Crippen LogP contribution >= 0.6 is 0 Å². The summed E-state index contributed by atoms with van der Waals surface area (Å²) < 4.78 is 0. The Kier molecular flexibility index (Phi) is 3.29. The summed E-state index contributed by atoms with van der Waals surface area (Å²) in [5.41, 5.74) is 5.47. The van der Waals surface area contributed by atoms with Gasteiger partial charge in [0.2, 0.25) is 5.91 Å². The third-order valence-corrected chi connectivity index (χ3v) is 3.90. The second-order valence-electron chi connectivity index (χ2n) is 5.35. The number of carbonyl (C=O) groups is 1. The molecule has 15 heavy (non-hydrogen) atoms. The van der Waals surface area contributed by atoms with Crippen LogP contribution in [0.1, 0.15) is 32.6 Å². The Labute approximate surface area is 91.8 Å². The van der Waals surface area contributed by atoms with Crippen LogP contribution in [0.5, 0.6) is 0 Å². The predicted octanol–water partition coefficient (Wildman–Crippen LogP) is 1.13. The molecule has 0 aromatic rings. The zero-order chi connectivity index (χ0) is 10.8. The molecule has 3 nitrogen and oxygen atoms in total. The Morgan fingerprint density at radius 1 is 1.40 bits per heavy atom. The van der Waals surface area contributed by atoms with E-state index in [-0.39, 0.29) is 5.91 Å². The Morgan fingerprint density at radius 3 is 2.67 bits per heavy atom. The Bertz CT molecular complexity index is 232. The molecular formula is C12H22N2O. The van der Waals surface area contributed by atoms with Crippen LogP contribution in [0, 0.1) is 23.7 Å². The highest BCUT2D eigenvalue weighted by atomic mass is 16.1. The van der Waals surface area contributed by atoms with Gasteiger partial charge in [-0.15, -0.1) is 0 Å². The van der Waals surface area contributed by atoms with Crippen molar-refractivity contribution in [2.24, 2.45) is 29.4 Å². The van der Waals surface area contributed by atoms with E-state index in [0.29, 0.717) is 18.4 Å². The molecule has 0 aliphatic heterocycles. The van der Waals surface area contributed by atoms with Crippen molar-refractivity contribution < 1.29 is 4.79 Å². The normalized spacial score (nSPS) is 34.7. The quantitative estimate of drug-likeness (QED) is 0.715. The van der Waals surface area contributed by atoms with Crippen molar-refractivity contribution in [2.45, 2.75) is 32.6 Å². The molecule has 0 heterocycles. The van der Waals surface area contributed by atoms with Crippen LogP contribution in [0.4, 0.5) is 0 Å². The topological polar surface area (TPSA) is 55.1 Å². The maximum absolute atomic E-state index is 11.8. The lowest BCUT2D eigenvalue weighted by Gasteiger charge is -2.15. The summed E-state index contributed by atoms with van der Waals surface area (Å²) in [6.07, 6.45) is 4.66. The maximum Gasteiger partial charge on any atom is 0.223 e. The molecule has 3 heteroatoms. The molecule has 86 valence electrons. The van der Waals surface area contributed by atoms with E-state index in [4.69, 9.17) is 5.73 Å². The van der Waals surface area contributed by atoms with E-state index in [1.165, 1.54) is 6.42 Å². The monoisotopic (exact) mass is 210 g/mol. The molecule has 0 aromatic carbocycles. The second kappa shape index (κ2) is 4.52. The average molecular weight is 210 g/mol. The molecule has 0 saturated heterocycles. The Morgan fingerprint density at radius 2 is 2.07 bits per heavy atom. The number of nitrogens with one attached hydrogen (secondary N) is 1. The molecule has 2 saturated carbocycles. The lowest BCUT2D eigenvalue weighted by Crippen LogP contribution is -2.33. The van der Waals surface area contributed by atoms with Crippen LogP contribution in [0.2, 0.25) is 0 Å². The van der Waals surface area contributed by atoms with E-state index >= 15 is 0 Å². The first kappa shape index (κ1) is 10.9. The minimum atomic E-state index is 0.283. The number of rotatable bonds is 5. The van der Waals surface area contributed by atoms with Crippen LogP contribution in [-0.2, 0) is 4.79 Å². The van der Waals surface area contributed by atoms with Crippen molar-refractivity contribution in [1.29, 1.82) is 0 Å². The fraction of sp³-hybridized carbons (Fsp3) is 0.917. The van der Waals surface area contributed by atoms with Gasteiger partial charge in [-0.1, -0.05) is 6.92 Å². The van der Waals surface area contributed by atoms with E-state index in [2.05, 4.69) is 12.2 Å². The number of amides is 1. The highest BCUT2D eigenvalue weighted by Crippen LogP contribution is 2.54. The highest BCUT2D eigenvalue weighted by Gasteiger charge is 2.47. The summed E-state index contributed by atoms with van der Waals surface area (Å²) in [6.45, 7) is 3.64. The summed E-state index contributed by atoms with van der Waals surface area (Å²) in [4.78, 5) is 11.8. The summed E-state index contributed by atoms with van der Waals surface area (Å²) in [5, 5.41) is 3.06. The van der Waals surface area contributed by atoms with Gasteiger partial charge in [-0.2, -0.15) is 0 Å². The lowest BCUT2D eigenvalue weighted by atomic mass is 10.0. The van der Waals surface area contributed by atoms with Gasteiger partial charge in [0.15, 0.2) is 0 Å². The third-order valence-electron chi connectivity index (χ3n) is 3.90. The lowest BCUT2D eigenvalue weighted by molar-refractivity contribution is -0.125. The zero-order valence-electron chi connectivity index (χ0n) is 9.54. The largest absolute Gasteiger partial charge is 0.356 e. The summed E-state index contributed by atoms with van der Waals surface area (Å²) in [7, 11) is 0. The molecule has 0 bridgehead atoms. The van der Waals surface area contributed by atoms with E-state index < -0.39 is 0 Å². The number of fused-ring (bicyclic) bond motifs is 1. The van der Waals surface area contributed by atoms with Gasteiger partial charge in [0, 0.05) is 12.5 Å². The minimum absolute atomic E-state index is 0.283.